The summed E-state index contributed by atoms with van der Waals surface area (Å²) in [6.07, 6.45) is -8.58. The first-order valence-electron chi connectivity index (χ1n) is 9.76. The molecule has 14 heteroatoms. The van der Waals surface area contributed by atoms with E-state index < -0.39 is 56.8 Å². The van der Waals surface area contributed by atoms with Crippen molar-refractivity contribution in [3.8, 4) is 5.75 Å². The van der Waals surface area contributed by atoms with Gasteiger partial charge in [-0.1, -0.05) is 6.07 Å². The van der Waals surface area contributed by atoms with Gasteiger partial charge in [0.1, 0.15) is 11.4 Å². The lowest BCUT2D eigenvalue weighted by Crippen LogP contribution is -2.38. The summed E-state index contributed by atoms with van der Waals surface area (Å²) in [5.41, 5.74) is -3.81. The average Bonchev–Trinajstić information content (AvgIpc) is 2.76. The summed E-state index contributed by atoms with van der Waals surface area (Å²) < 4.78 is 113. The van der Waals surface area contributed by atoms with Crippen molar-refractivity contribution >= 4 is 27.5 Å². The first-order chi connectivity index (χ1) is 16.2. The van der Waals surface area contributed by atoms with E-state index in [-0.39, 0.29) is 17.8 Å². The topological polar surface area (TPSA) is 88.1 Å². The molecule has 0 fully saturated rings. The number of amides is 1. The summed E-state index contributed by atoms with van der Waals surface area (Å²) in [5, 5.41) is 2.18. The first-order valence-corrected chi connectivity index (χ1v) is 11.2. The van der Waals surface area contributed by atoms with Crippen molar-refractivity contribution < 1.29 is 44.3 Å². The summed E-state index contributed by atoms with van der Waals surface area (Å²) in [6, 6.07) is 6.36. The van der Waals surface area contributed by atoms with E-state index in [1.807, 2.05) is 0 Å². The largest absolute Gasteiger partial charge is 0.496 e. The van der Waals surface area contributed by atoms with Gasteiger partial charge in [0.05, 0.1) is 23.9 Å². The molecular weight excluding hydrogens is 504 g/mol. The molecule has 2 aromatic rings. The molecule has 1 amide bonds. The summed E-state index contributed by atoms with van der Waals surface area (Å²) in [5.74, 6) is -1.62. The van der Waals surface area contributed by atoms with Crippen LogP contribution in [-0.2, 0) is 27.4 Å². The smallest absolute Gasteiger partial charge is 0.419 e. The van der Waals surface area contributed by atoms with Crippen LogP contribution in [0.4, 0.5) is 32.0 Å². The summed E-state index contributed by atoms with van der Waals surface area (Å²) in [4.78, 5) is 12.9. The van der Waals surface area contributed by atoms with Crippen LogP contribution in [0.3, 0.4) is 0 Å². The zero-order valence-corrected chi connectivity index (χ0v) is 18.8. The Hall–Kier alpha value is -3.55. The van der Waals surface area contributed by atoms with Gasteiger partial charge in [-0.05, 0) is 49.4 Å². The number of nitrogens with one attached hydrogen (secondary N) is 1. The standard InChI is InChI=1S/C21H17F6N3O4S/c1-3-30-17(19(31)28-14-6-4-5-13(10-14)20(22,23)24)11-16(29-35(30,32)33)12-7-8-18(34-2)15(9-12)21(25,26)27/h4-11H,3H2,1-2H3,(H,28,31). The molecule has 0 bridgehead atoms. The lowest BCUT2D eigenvalue weighted by atomic mass is 10.0. The monoisotopic (exact) mass is 521 g/mol. The van der Waals surface area contributed by atoms with E-state index in [0.717, 1.165) is 43.5 Å². The number of anilines is 1. The number of carbonyl (C=O) groups is 1. The van der Waals surface area contributed by atoms with E-state index in [9.17, 15) is 39.6 Å². The van der Waals surface area contributed by atoms with Crippen LogP contribution in [0, 0.1) is 0 Å². The van der Waals surface area contributed by atoms with Gasteiger partial charge in [-0.2, -0.15) is 34.8 Å². The predicted octanol–water partition coefficient (Wildman–Crippen LogP) is 4.62. The maximum absolute atomic E-state index is 13.4. The number of halogens is 6. The second-order valence-corrected chi connectivity index (χ2v) is 8.61. The van der Waals surface area contributed by atoms with Crippen molar-refractivity contribution in [1.82, 2.24) is 4.31 Å². The van der Waals surface area contributed by atoms with E-state index >= 15 is 0 Å². The zero-order valence-electron chi connectivity index (χ0n) is 18.0. The molecule has 1 aliphatic rings. The lowest BCUT2D eigenvalue weighted by molar-refractivity contribution is -0.139. The van der Waals surface area contributed by atoms with Crippen molar-refractivity contribution in [3.63, 3.8) is 0 Å². The van der Waals surface area contributed by atoms with E-state index in [4.69, 9.17) is 4.74 Å². The molecule has 0 radical (unpaired) electrons. The molecule has 7 nitrogen and oxygen atoms in total. The second kappa shape index (κ2) is 9.24. The molecule has 1 aliphatic heterocycles. The highest BCUT2D eigenvalue weighted by Gasteiger charge is 2.37. The highest BCUT2D eigenvalue weighted by atomic mass is 32.2. The van der Waals surface area contributed by atoms with Crippen LogP contribution in [0.1, 0.15) is 23.6 Å². The van der Waals surface area contributed by atoms with Crippen LogP contribution in [0.15, 0.2) is 58.6 Å². The third-order valence-corrected chi connectivity index (χ3v) is 6.24. The highest BCUT2D eigenvalue weighted by molar-refractivity contribution is 7.88. The molecule has 0 aromatic heterocycles. The number of carbonyl (C=O) groups excluding carboxylic acids is 1. The Morgan fingerprint density at radius 1 is 1.06 bits per heavy atom. The molecule has 3 rings (SSSR count). The molecular formula is C21H17F6N3O4S. The van der Waals surface area contributed by atoms with Crippen molar-refractivity contribution in [2.75, 3.05) is 19.0 Å². The third-order valence-electron chi connectivity index (χ3n) is 4.80. The van der Waals surface area contributed by atoms with Crippen LogP contribution in [0.2, 0.25) is 0 Å². The van der Waals surface area contributed by atoms with Gasteiger partial charge in [-0.15, -0.1) is 4.40 Å². The fourth-order valence-corrected chi connectivity index (χ4v) is 4.45. The Morgan fingerprint density at radius 2 is 1.74 bits per heavy atom. The number of alkyl halides is 6. The Balaban J connectivity index is 2.06. The number of allylic oxidation sites excluding steroid dienone is 1. The van der Waals surface area contributed by atoms with Gasteiger partial charge in [-0.3, -0.25) is 4.79 Å². The highest BCUT2D eigenvalue weighted by Crippen LogP contribution is 2.37. The average molecular weight is 521 g/mol. The Morgan fingerprint density at radius 3 is 2.31 bits per heavy atom. The predicted molar refractivity (Wildman–Crippen MR) is 114 cm³/mol. The SMILES string of the molecule is CCN1C(C(=O)Nc2cccc(C(F)(F)F)c2)=CC(c2ccc(OC)c(C(F)(F)F)c2)=NS1(=O)=O. The maximum Gasteiger partial charge on any atom is 0.419 e. The van der Waals surface area contributed by atoms with Crippen LogP contribution in [0.5, 0.6) is 5.75 Å². The van der Waals surface area contributed by atoms with E-state index in [1.165, 1.54) is 6.92 Å². The van der Waals surface area contributed by atoms with Crippen molar-refractivity contribution in [2.45, 2.75) is 19.3 Å². The zero-order chi connectivity index (χ0) is 26.2. The minimum absolute atomic E-state index is 0.271. The molecule has 0 unspecified atom stereocenters. The quantitative estimate of drug-likeness (QED) is 0.582. The van der Waals surface area contributed by atoms with Crippen LogP contribution < -0.4 is 10.1 Å². The molecule has 1 heterocycles. The molecule has 0 aliphatic carbocycles. The van der Waals surface area contributed by atoms with E-state index in [2.05, 4.69) is 9.71 Å². The molecule has 2 aromatic carbocycles. The number of methoxy groups -OCH3 is 1. The fraction of sp³-hybridized carbons (Fsp3) is 0.238. The fourth-order valence-electron chi connectivity index (χ4n) is 3.23. The number of likely N-dealkylation sites (N-methyl/N-ethyl adjacent to an activating group) is 1. The molecule has 1 N–H and O–H groups in total. The van der Waals surface area contributed by atoms with Gasteiger partial charge >= 0.3 is 22.6 Å². The number of hydrogen-bond acceptors (Lipinski definition) is 4. The van der Waals surface area contributed by atoms with E-state index in [0.29, 0.717) is 16.4 Å². The number of nitrogens with zero attached hydrogens (tertiary/aromatic N) is 2. The minimum atomic E-state index is -4.83. The summed E-state index contributed by atoms with van der Waals surface area (Å²) >= 11 is 0. The minimum Gasteiger partial charge on any atom is -0.496 e. The van der Waals surface area contributed by atoms with Crippen LogP contribution in [-0.4, -0.2) is 38.0 Å². The number of rotatable bonds is 5. The van der Waals surface area contributed by atoms with Gasteiger partial charge in [0.15, 0.2) is 0 Å². The molecule has 35 heavy (non-hydrogen) atoms. The number of benzene rings is 2. The van der Waals surface area contributed by atoms with Gasteiger partial charge in [-0.25, -0.2) is 4.31 Å². The maximum atomic E-state index is 13.4. The van der Waals surface area contributed by atoms with E-state index in [1.54, 1.807) is 0 Å². The van der Waals surface area contributed by atoms with Crippen LogP contribution >= 0.6 is 0 Å². The van der Waals surface area contributed by atoms with Gasteiger partial charge in [0, 0.05) is 17.8 Å². The first kappa shape index (κ1) is 26.1. The molecule has 0 saturated heterocycles. The van der Waals surface area contributed by atoms with Gasteiger partial charge in [0.2, 0.25) is 0 Å². The summed E-state index contributed by atoms with van der Waals surface area (Å²) in [6.45, 7) is 1.09. The molecule has 0 atom stereocenters. The molecule has 0 spiro atoms. The molecule has 0 saturated carbocycles. The number of hydrogen-bond donors (Lipinski definition) is 1. The van der Waals surface area contributed by atoms with Gasteiger partial charge < -0.3 is 10.1 Å². The second-order valence-electron chi connectivity index (χ2n) is 7.09. The van der Waals surface area contributed by atoms with Crippen LogP contribution in [0.25, 0.3) is 0 Å². The van der Waals surface area contributed by atoms with Crippen molar-refractivity contribution in [2.24, 2.45) is 4.40 Å². The summed E-state index contributed by atoms with van der Waals surface area (Å²) in [7, 11) is -3.52. The van der Waals surface area contributed by atoms with Crippen molar-refractivity contribution in [3.05, 3.63) is 70.9 Å². The Bertz CT molecular complexity index is 1320. The van der Waals surface area contributed by atoms with Gasteiger partial charge in [0.25, 0.3) is 5.91 Å². The normalized spacial score (nSPS) is 15.8. The molecule has 188 valence electrons. The van der Waals surface area contributed by atoms with Crippen molar-refractivity contribution in [1.29, 1.82) is 0 Å². The Labute approximate surface area is 195 Å². The third kappa shape index (κ3) is 5.58. The lowest BCUT2D eigenvalue weighted by Gasteiger charge is -2.26. The Kier molecular flexibility index (Phi) is 6.88. The number of ether oxygens (including phenoxy) is 1.